The Kier molecular flexibility index (Phi) is 4.24. The topological polar surface area (TPSA) is 30.0 Å². The van der Waals surface area contributed by atoms with Gasteiger partial charge < -0.3 is 0 Å². The average Bonchev–Trinajstić information content (AvgIpc) is 2.61. The summed E-state index contributed by atoms with van der Waals surface area (Å²) in [5.74, 6) is 0.753. The summed E-state index contributed by atoms with van der Waals surface area (Å²) >= 11 is 5.91. The molecule has 0 atom stereocenters. The maximum absolute atomic E-state index is 13.7. The molecule has 3 aromatic rings. The first-order chi connectivity index (χ1) is 13.5. The van der Waals surface area contributed by atoms with Gasteiger partial charge in [0.2, 0.25) is 0 Å². The van der Waals surface area contributed by atoms with Crippen LogP contribution in [0.1, 0.15) is 42.7 Å². The third kappa shape index (κ3) is 3.12. The van der Waals surface area contributed by atoms with Gasteiger partial charge in [-0.15, -0.1) is 0 Å². The van der Waals surface area contributed by atoms with Crippen LogP contribution in [0.4, 0.5) is 4.39 Å². The Morgan fingerprint density at radius 2 is 1.82 bits per heavy atom. The van der Waals surface area contributed by atoms with Gasteiger partial charge in [0.15, 0.2) is 0 Å². The van der Waals surface area contributed by atoms with Crippen LogP contribution in [0, 0.1) is 17.2 Å². The lowest BCUT2D eigenvalue weighted by atomic mass is 9.46. The summed E-state index contributed by atoms with van der Waals surface area (Å²) in [6.07, 6.45) is 6.48. The lowest BCUT2D eigenvalue weighted by Crippen LogP contribution is -2.49. The molecule has 0 bridgehead atoms. The van der Waals surface area contributed by atoms with Gasteiger partial charge >= 0.3 is 0 Å². The van der Waals surface area contributed by atoms with Crippen LogP contribution in [0.15, 0.2) is 54.7 Å². The second-order valence-electron chi connectivity index (χ2n) is 8.54. The summed E-state index contributed by atoms with van der Waals surface area (Å²) in [7, 11) is 0. The number of nitrogens with zero attached hydrogens (tertiary/aromatic N) is 1. The zero-order valence-electron chi connectivity index (χ0n) is 15.5. The predicted molar refractivity (Wildman–Crippen MR) is 109 cm³/mol. The third-order valence-corrected chi connectivity index (χ3v) is 6.89. The second kappa shape index (κ2) is 6.66. The zero-order chi connectivity index (χ0) is 19.3. The second-order valence-corrected chi connectivity index (χ2v) is 8.98. The minimum absolute atomic E-state index is 0.184. The van der Waals surface area contributed by atoms with E-state index in [1.54, 1.807) is 12.1 Å². The molecule has 2 nitrogen and oxygen atoms in total. The van der Waals surface area contributed by atoms with Crippen LogP contribution in [0.5, 0.6) is 0 Å². The Bertz CT molecular complexity index is 1050. The van der Waals surface area contributed by atoms with Crippen molar-refractivity contribution in [2.75, 3.05) is 0 Å². The van der Waals surface area contributed by atoms with E-state index in [0.717, 1.165) is 42.1 Å². The summed E-state index contributed by atoms with van der Waals surface area (Å²) in [5.41, 5.74) is 3.40. The molecule has 4 heteroatoms. The van der Waals surface area contributed by atoms with Crippen LogP contribution in [0.2, 0.25) is 5.02 Å². The lowest BCUT2D eigenvalue weighted by molar-refractivity contribution is -0.135. The van der Waals surface area contributed by atoms with E-state index < -0.39 is 0 Å². The minimum atomic E-state index is -0.215. The summed E-state index contributed by atoms with van der Waals surface area (Å²) in [5, 5.41) is 1.62. The van der Waals surface area contributed by atoms with Gasteiger partial charge in [0.05, 0.1) is 5.52 Å². The molecule has 0 N–H and O–H groups in total. The van der Waals surface area contributed by atoms with Crippen LogP contribution in [0.25, 0.3) is 10.9 Å². The number of fused-ring (bicyclic) bond motifs is 1. The molecule has 0 aliphatic heterocycles. The standard InChI is InChI=1S/C24H21ClFNO/c25-18-3-1-15(2-4-18)9-23(28)17-13-24(14-17)11-16(12-24)20-7-8-27-22-6-5-19(26)10-21(20)22/h1-8,10,16-17H,9,11-14H2. The van der Waals surface area contributed by atoms with E-state index >= 15 is 0 Å². The number of hydrogen-bond acceptors (Lipinski definition) is 2. The molecule has 0 unspecified atom stereocenters. The van der Waals surface area contributed by atoms with Crippen LogP contribution in [-0.4, -0.2) is 10.8 Å². The highest BCUT2D eigenvalue weighted by molar-refractivity contribution is 6.30. The normalized spacial score (nSPS) is 26.1. The van der Waals surface area contributed by atoms with Crippen molar-refractivity contribution in [3.63, 3.8) is 0 Å². The van der Waals surface area contributed by atoms with E-state index in [1.807, 2.05) is 36.5 Å². The van der Waals surface area contributed by atoms with E-state index in [4.69, 9.17) is 11.6 Å². The van der Waals surface area contributed by atoms with Crippen LogP contribution < -0.4 is 0 Å². The van der Waals surface area contributed by atoms with E-state index in [2.05, 4.69) is 4.98 Å². The molecule has 0 saturated heterocycles. The summed E-state index contributed by atoms with van der Waals surface area (Å²) in [6.45, 7) is 0. The Labute approximate surface area is 168 Å². The largest absolute Gasteiger partial charge is 0.299 e. The number of benzene rings is 2. The number of aromatic nitrogens is 1. The molecule has 2 fully saturated rings. The van der Waals surface area contributed by atoms with Gasteiger partial charge in [0.25, 0.3) is 0 Å². The molecule has 2 aliphatic rings. The van der Waals surface area contributed by atoms with Gasteiger partial charge in [0, 0.05) is 28.9 Å². The maximum atomic E-state index is 13.7. The number of Topliss-reactive ketones (excluding diaryl/α,β-unsaturated/α-hetero) is 1. The highest BCUT2D eigenvalue weighted by atomic mass is 35.5. The van der Waals surface area contributed by atoms with Crippen molar-refractivity contribution < 1.29 is 9.18 Å². The van der Waals surface area contributed by atoms with Crippen molar-refractivity contribution in [2.24, 2.45) is 11.3 Å². The molecular weight excluding hydrogens is 373 g/mol. The van der Waals surface area contributed by atoms with Crippen molar-refractivity contribution >= 4 is 28.3 Å². The highest BCUT2D eigenvalue weighted by Crippen LogP contribution is 2.64. The number of carbonyl (C=O) groups excluding carboxylic acids is 1. The molecule has 5 rings (SSSR count). The number of halogens is 2. The van der Waals surface area contributed by atoms with Gasteiger partial charge in [-0.1, -0.05) is 23.7 Å². The van der Waals surface area contributed by atoms with Crippen molar-refractivity contribution in [2.45, 2.75) is 38.0 Å². The average molecular weight is 394 g/mol. The molecule has 28 heavy (non-hydrogen) atoms. The number of pyridine rings is 1. The van der Waals surface area contributed by atoms with E-state index in [0.29, 0.717) is 28.6 Å². The molecule has 1 spiro atoms. The van der Waals surface area contributed by atoms with Gasteiger partial charge in [-0.05, 0) is 84.5 Å². The lowest BCUT2D eigenvalue weighted by Gasteiger charge is -2.57. The fraction of sp³-hybridized carbons (Fsp3) is 0.333. The number of ketones is 1. The Morgan fingerprint density at radius 3 is 2.57 bits per heavy atom. The van der Waals surface area contributed by atoms with Crippen molar-refractivity contribution in [3.05, 3.63) is 76.7 Å². The molecule has 2 aromatic carbocycles. The van der Waals surface area contributed by atoms with Gasteiger partial charge in [-0.3, -0.25) is 9.78 Å². The van der Waals surface area contributed by atoms with Crippen LogP contribution >= 0.6 is 11.6 Å². The van der Waals surface area contributed by atoms with Crippen LogP contribution in [-0.2, 0) is 11.2 Å². The van der Waals surface area contributed by atoms with E-state index in [9.17, 15) is 9.18 Å². The number of hydrogen-bond donors (Lipinski definition) is 0. The Hall–Kier alpha value is -2.26. The van der Waals surface area contributed by atoms with E-state index in [-0.39, 0.29) is 11.7 Å². The Balaban J connectivity index is 1.22. The quantitative estimate of drug-likeness (QED) is 0.535. The number of rotatable bonds is 4. The first kappa shape index (κ1) is 17.8. The smallest absolute Gasteiger partial charge is 0.140 e. The fourth-order valence-electron chi connectivity index (χ4n) is 5.20. The summed E-state index contributed by atoms with van der Waals surface area (Å²) < 4.78 is 13.7. The zero-order valence-corrected chi connectivity index (χ0v) is 16.3. The highest BCUT2D eigenvalue weighted by Gasteiger charge is 2.54. The Morgan fingerprint density at radius 1 is 1.07 bits per heavy atom. The first-order valence-electron chi connectivity index (χ1n) is 9.83. The molecule has 2 aliphatic carbocycles. The first-order valence-corrected chi connectivity index (χ1v) is 10.2. The summed E-state index contributed by atoms with van der Waals surface area (Å²) in [4.78, 5) is 16.9. The molecule has 0 amide bonds. The molecule has 2 saturated carbocycles. The SMILES string of the molecule is O=C(Cc1ccc(Cl)cc1)C1CC2(C1)CC(c1ccnc3ccc(F)cc13)C2. The predicted octanol–water partition coefficient (Wildman–Crippen LogP) is 6.11. The van der Waals surface area contributed by atoms with Crippen molar-refractivity contribution in [3.8, 4) is 0 Å². The third-order valence-electron chi connectivity index (χ3n) is 6.64. The van der Waals surface area contributed by atoms with E-state index in [1.165, 1.54) is 11.6 Å². The summed E-state index contributed by atoms with van der Waals surface area (Å²) in [6, 6.07) is 14.4. The number of carbonyl (C=O) groups is 1. The van der Waals surface area contributed by atoms with Crippen LogP contribution in [0.3, 0.4) is 0 Å². The molecule has 142 valence electrons. The minimum Gasteiger partial charge on any atom is -0.299 e. The van der Waals surface area contributed by atoms with Crippen molar-refractivity contribution in [1.29, 1.82) is 0 Å². The monoisotopic (exact) mass is 393 g/mol. The van der Waals surface area contributed by atoms with Crippen molar-refractivity contribution in [1.82, 2.24) is 4.98 Å². The molecule has 1 heterocycles. The molecule has 0 radical (unpaired) electrons. The maximum Gasteiger partial charge on any atom is 0.140 e. The molecule has 1 aromatic heterocycles. The van der Waals surface area contributed by atoms with Gasteiger partial charge in [-0.25, -0.2) is 4.39 Å². The fourth-order valence-corrected chi connectivity index (χ4v) is 5.32. The molecular formula is C24H21ClFNO. The van der Waals surface area contributed by atoms with Gasteiger partial charge in [-0.2, -0.15) is 0 Å². The van der Waals surface area contributed by atoms with Gasteiger partial charge in [0.1, 0.15) is 11.6 Å².